The van der Waals surface area contributed by atoms with E-state index in [1.807, 2.05) is 34.8 Å². The summed E-state index contributed by atoms with van der Waals surface area (Å²) in [5, 5.41) is 4.26. The fourth-order valence-corrected chi connectivity index (χ4v) is 3.97. The summed E-state index contributed by atoms with van der Waals surface area (Å²) in [5.74, 6) is 1.78. The summed E-state index contributed by atoms with van der Waals surface area (Å²) in [4.78, 5) is 19.2. The predicted molar refractivity (Wildman–Crippen MR) is 108 cm³/mol. The van der Waals surface area contributed by atoms with Crippen LogP contribution in [-0.2, 0) is 17.9 Å². The Balaban J connectivity index is 1.31. The third-order valence-corrected chi connectivity index (χ3v) is 5.62. The zero-order valence-electron chi connectivity index (χ0n) is 16.4. The largest absolute Gasteiger partial charge is 0.343 e. The first kappa shape index (κ1) is 18.5. The highest BCUT2D eigenvalue weighted by Crippen LogP contribution is 2.27. The van der Waals surface area contributed by atoms with E-state index in [2.05, 4.69) is 45.1 Å². The van der Waals surface area contributed by atoms with Crippen LogP contribution in [0.4, 0.5) is 0 Å². The second-order valence-electron chi connectivity index (χ2n) is 7.50. The molecule has 0 radical (unpaired) electrons. The summed E-state index contributed by atoms with van der Waals surface area (Å²) in [6, 6.07) is 12.4. The van der Waals surface area contributed by atoms with Crippen molar-refractivity contribution in [1.29, 1.82) is 0 Å². The normalized spacial score (nSPS) is 15.1. The number of aryl methyl sites for hydroxylation is 2. The zero-order chi connectivity index (χ0) is 19.3. The van der Waals surface area contributed by atoms with Crippen LogP contribution in [0.1, 0.15) is 42.3 Å². The lowest BCUT2D eigenvalue weighted by Crippen LogP contribution is -2.38. The minimum atomic E-state index is 0.223. The Kier molecular flexibility index (Phi) is 5.55. The fourth-order valence-electron chi connectivity index (χ4n) is 3.97. The smallest absolute Gasteiger partial charge is 0.224 e. The molecular formula is C22H27N5O. The molecule has 0 unspecified atom stereocenters. The van der Waals surface area contributed by atoms with E-state index in [4.69, 9.17) is 0 Å². The number of benzene rings is 1. The van der Waals surface area contributed by atoms with Crippen molar-refractivity contribution in [2.24, 2.45) is 0 Å². The number of hydrogen-bond donors (Lipinski definition) is 0. The topological polar surface area (TPSA) is 56.0 Å². The molecule has 1 saturated heterocycles. The summed E-state index contributed by atoms with van der Waals surface area (Å²) < 4.78 is 4.14. The van der Waals surface area contributed by atoms with Gasteiger partial charge in [0.05, 0.1) is 0 Å². The van der Waals surface area contributed by atoms with Gasteiger partial charge in [-0.05, 0) is 31.4 Å². The molecule has 4 rings (SSSR count). The maximum Gasteiger partial charge on any atom is 0.224 e. The minimum absolute atomic E-state index is 0.223. The van der Waals surface area contributed by atoms with Gasteiger partial charge in [0.15, 0.2) is 0 Å². The first-order valence-electron chi connectivity index (χ1n) is 10.0. The molecule has 6 heteroatoms. The van der Waals surface area contributed by atoms with Gasteiger partial charge in [0.1, 0.15) is 5.82 Å². The number of amides is 1. The fraction of sp³-hybridized carbons (Fsp3) is 0.409. The van der Waals surface area contributed by atoms with Gasteiger partial charge < -0.3 is 9.47 Å². The van der Waals surface area contributed by atoms with Gasteiger partial charge in [-0.3, -0.25) is 9.48 Å². The van der Waals surface area contributed by atoms with Gasteiger partial charge in [0, 0.05) is 62.8 Å². The van der Waals surface area contributed by atoms with Crippen LogP contribution in [0.5, 0.6) is 0 Å². The first-order chi connectivity index (χ1) is 13.7. The predicted octanol–water partition coefficient (Wildman–Crippen LogP) is 3.23. The average molecular weight is 377 g/mol. The van der Waals surface area contributed by atoms with Gasteiger partial charge in [-0.2, -0.15) is 5.10 Å². The van der Waals surface area contributed by atoms with Crippen molar-refractivity contribution in [2.45, 2.75) is 45.2 Å². The molecule has 1 aliphatic rings. The average Bonchev–Trinajstić information content (AvgIpc) is 3.36. The highest BCUT2D eigenvalue weighted by molar-refractivity contribution is 5.76. The van der Waals surface area contributed by atoms with Crippen molar-refractivity contribution in [3.63, 3.8) is 0 Å². The van der Waals surface area contributed by atoms with E-state index in [0.717, 1.165) is 44.0 Å². The van der Waals surface area contributed by atoms with Gasteiger partial charge in [-0.1, -0.05) is 30.3 Å². The molecular weight excluding hydrogens is 350 g/mol. The second-order valence-corrected chi connectivity index (χ2v) is 7.50. The molecule has 2 aromatic heterocycles. The van der Waals surface area contributed by atoms with Gasteiger partial charge in [0.2, 0.25) is 5.91 Å². The number of carbonyl (C=O) groups excluding carboxylic acids is 1. The Morgan fingerprint density at radius 1 is 1.11 bits per heavy atom. The Morgan fingerprint density at radius 2 is 1.89 bits per heavy atom. The summed E-state index contributed by atoms with van der Waals surface area (Å²) in [5.41, 5.74) is 2.38. The lowest BCUT2D eigenvalue weighted by molar-refractivity contribution is -0.132. The molecule has 3 heterocycles. The molecule has 0 atom stereocenters. The first-order valence-corrected chi connectivity index (χ1v) is 10.0. The van der Waals surface area contributed by atoms with E-state index in [9.17, 15) is 4.79 Å². The molecule has 0 N–H and O–H groups in total. The summed E-state index contributed by atoms with van der Waals surface area (Å²) in [7, 11) is 0. The molecule has 146 valence electrons. The molecule has 0 bridgehead atoms. The van der Waals surface area contributed by atoms with Crippen molar-refractivity contribution in [3.05, 3.63) is 72.1 Å². The van der Waals surface area contributed by atoms with Gasteiger partial charge in [-0.25, -0.2) is 4.98 Å². The Hall–Kier alpha value is -2.89. The number of aromatic nitrogens is 4. The van der Waals surface area contributed by atoms with E-state index < -0.39 is 0 Å². The van der Waals surface area contributed by atoms with Crippen LogP contribution in [0.3, 0.4) is 0 Å². The molecule has 0 aliphatic carbocycles. The minimum Gasteiger partial charge on any atom is -0.343 e. The van der Waals surface area contributed by atoms with Crippen molar-refractivity contribution in [2.75, 3.05) is 13.1 Å². The number of imidazole rings is 1. The van der Waals surface area contributed by atoms with E-state index in [-0.39, 0.29) is 5.91 Å². The zero-order valence-corrected chi connectivity index (χ0v) is 16.4. The second kappa shape index (κ2) is 8.42. The Bertz CT molecular complexity index is 906. The summed E-state index contributed by atoms with van der Waals surface area (Å²) in [6.45, 7) is 5.12. The number of nitrogens with zero attached hydrogens (tertiary/aromatic N) is 5. The molecule has 1 aliphatic heterocycles. The van der Waals surface area contributed by atoms with E-state index in [1.54, 1.807) is 6.20 Å². The van der Waals surface area contributed by atoms with Gasteiger partial charge >= 0.3 is 0 Å². The van der Waals surface area contributed by atoms with Crippen LogP contribution in [0.2, 0.25) is 0 Å². The SMILES string of the molecule is Cc1ccnn1CCC(=O)N1CCC(c2nccn2Cc2ccccc2)CC1. The maximum absolute atomic E-state index is 12.6. The standard InChI is InChI=1S/C22H27N5O/c1-18-7-11-24-27(18)15-10-21(28)25-13-8-20(9-14-25)22-23-12-16-26(22)17-19-5-3-2-4-6-19/h2-7,11-12,16,20H,8-10,13-15,17H2,1H3. The third kappa shape index (κ3) is 4.16. The molecule has 0 spiro atoms. The lowest BCUT2D eigenvalue weighted by Gasteiger charge is -2.32. The number of piperidine rings is 1. The van der Waals surface area contributed by atoms with Crippen molar-refractivity contribution < 1.29 is 4.79 Å². The van der Waals surface area contributed by atoms with Gasteiger partial charge in [0.25, 0.3) is 0 Å². The summed E-state index contributed by atoms with van der Waals surface area (Å²) in [6.07, 6.45) is 8.18. The highest BCUT2D eigenvalue weighted by atomic mass is 16.2. The van der Waals surface area contributed by atoms with Crippen molar-refractivity contribution >= 4 is 5.91 Å². The number of carbonyl (C=O) groups is 1. The number of likely N-dealkylation sites (tertiary alicyclic amines) is 1. The van der Waals surface area contributed by atoms with E-state index in [1.165, 1.54) is 5.56 Å². The maximum atomic E-state index is 12.6. The van der Waals surface area contributed by atoms with Crippen LogP contribution in [0.15, 0.2) is 55.0 Å². The Labute approximate surface area is 165 Å². The number of rotatable bonds is 6. The van der Waals surface area contributed by atoms with Crippen LogP contribution < -0.4 is 0 Å². The van der Waals surface area contributed by atoms with E-state index in [0.29, 0.717) is 18.9 Å². The van der Waals surface area contributed by atoms with Crippen LogP contribution in [-0.4, -0.2) is 43.2 Å². The molecule has 1 fully saturated rings. The van der Waals surface area contributed by atoms with Crippen LogP contribution >= 0.6 is 0 Å². The molecule has 1 amide bonds. The third-order valence-electron chi connectivity index (χ3n) is 5.62. The van der Waals surface area contributed by atoms with E-state index >= 15 is 0 Å². The quantitative estimate of drug-likeness (QED) is 0.663. The monoisotopic (exact) mass is 377 g/mol. The highest BCUT2D eigenvalue weighted by Gasteiger charge is 2.26. The number of hydrogen-bond acceptors (Lipinski definition) is 3. The van der Waals surface area contributed by atoms with Gasteiger partial charge in [-0.15, -0.1) is 0 Å². The molecule has 1 aromatic carbocycles. The van der Waals surface area contributed by atoms with Crippen LogP contribution in [0, 0.1) is 6.92 Å². The van der Waals surface area contributed by atoms with Crippen molar-refractivity contribution in [3.8, 4) is 0 Å². The molecule has 28 heavy (non-hydrogen) atoms. The molecule has 6 nitrogen and oxygen atoms in total. The van der Waals surface area contributed by atoms with Crippen molar-refractivity contribution in [1.82, 2.24) is 24.2 Å². The Morgan fingerprint density at radius 3 is 2.61 bits per heavy atom. The lowest BCUT2D eigenvalue weighted by atomic mass is 9.95. The van der Waals surface area contributed by atoms with Crippen LogP contribution in [0.25, 0.3) is 0 Å². The summed E-state index contributed by atoms with van der Waals surface area (Å²) >= 11 is 0. The molecule has 0 saturated carbocycles. The molecule has 3 aromatic rings.